The molecule has 0 aliphatic rings. The molecule has 1 aromatic carbocycles. The van der Waals surface area contributed by atoms with Crippen molar-refractivity contribution in [3.63, 3.8) is 0 Å². The second kappa shape index (κ2) is 7.90. The highest BCUT2D eigenvalue weighted by Gasteiger charge is 2.19. The molecule has 0 heterocycles. The summed E-state index contributed by atoms with van der Waals surface area (Å²) in [5, 5.41) is 2.88. The second-order valence-corrected chi connectivity index (χ2v) is 5.12. The Labute approximate surface area is 122 Å². The Balaban J connectivity index is 2.68. The molecule has 2 atom stereocenters. The molecule has 0 fully saturated rings. The highest BCUT2D eigenvalue weighted by atomic mass is 16.2. The molecule has 1 aromatic rings. The van der Waals surface area contributed by atoms with E-state index in [1.807, 2.05) is 38.1 Å². The zero-order valence-corrected chi connectivity index (χ0v) is 13.0. The maximum absolute atomic E-state index is 12.0. The molecule has 0 saturated heterocycles. The fourth-order valence-electron chi connectivity index (χ4n) is 2.08. The number of carbonyl (C=O) groups is 1. The summed E-state index contributed by atoms with van der Waals surface area (Å²) < 4.78 is 0. The molecular weight excluding hydrogens is 250 g/mol. The number of hydrogen-bond donors (Lipinski definition) is 2. The SMILES string of the molecule is CC[C@H](C)[C@H](N)C(=O)Nc1ccc(N(CC)CC)cc1. The maximum Gasteiger partial charge on any atom is 0.241 e. The highest BCUT2D eigenvalue weighted by molar-refractivity contribution is 5.95. The van der Waals surface area contributed by atoms with Crippen LogP contribution >= 0.6 is 0 Å². The number of nitrogens with zero attached hydrogens (tertiary/aromatic N) is 1. The van der Waals surface area contributed by atoms with Crippen LogP contribution in [0.4, 0.5) is 11.4 Å². The van der Waals surface area contributed by atoms with Crippen LogP contribution < -0.4 is 16.0 Å². The lowest BCUT2D eigenvalue weighted by molar-refractivity contribution is -0.118. The summed E-state index contributed by atoms with van der Waals surface area (Å²) in [5.74, 6) is 0.0693. The molecule has 0 aliphatic carbocycles. The third kappa shape index (κ3) is 4.23. The van der Waals surface area contributed by atoms with E-state index in [4.69, 9.17) is 5.73 Å². The van der Waals surface area contributed by atoms with Crippen LogP contribution in [-0.4, -0.2) is 25.0 Å². The zero-order valence-electron chi connectivity index (χ0n) is 13.0. The van der Waals surface area contributed by atoms with Gasteiger partial charge in [0.05, 0.1) is 6.04 Å². The molecule has 20 heavy (non-hydrogen) atoms. The molecule has 0 aromatic heterocycles. The second-order valence-electron chi connectivity index (χ2n) is 5.12. The minimum absolute atomic E-state index is 0.116. The quantitative estimate of drug-likeness (QED) is 0.805. The maximum atomic E-state index is 12.0. The lowest BCUT2D eigenvalue weighted by atomic mass is 9.99. The Kier molecular flexibility index (Phi) is 6.52. The normalized spacial score (nSPS) is 13.7. The third-order valence-corrected chi connectivity index (χ3v) is 3.82. The first kappa shape index (κ1) is 16.5. The molecule has 0 saturated carbocycles. The van der Waals surface area contributed by atoms with E-state index in [1.165, 1.54) is 5.69 Å². The van der Waals surface area contributed by atoms with Crippen LogP contribution in [0.3, 0.4) is 0 Å². The summed E-state index contributed by atoms with van der Waals surface area (Å²) in [6.45, 7) is 10.2. The van der Waals surface area contributed by atoms with Crippen LogP contribution in [0.2, 0.25) is 0 Å². The Morgan fingerprint density at radius 1 is 1.20 bits per heavy atom. The molecule has 1 amide bonds. The summed E-state index contributed by atoms with van der Waals surface area (Å²) >= 11 is 0. The topological polar surface area (TPSA) is 58.4 Å². The summed E-state index contributed by atoms with van der Waals surface area (Å²) in [6.07, 6.45) is 0.898. The minimum Gasteiger partial charge on any atom is -0.372 e. The van der Waals surface area contributed by atoms with Crippen molar-refractivity contribution in [1.82, 2.24) is 0 Å². The van der Waals surface area contributed by atoms with Crippen molar-refractivity contribution in [2.24, 2.45) is 11.7 Å². The van der Waals surface area contributed by atoms with Gasteiger partial charge < -0.3 is 16.0 Å². The van der Waals surface area contributed by atoms with Gasteiger partial charge in [0.2, 0.25) is 5.91 Å². The van der Waals surface area contributed by atoms with E-state index in [9.17, 15) is 4.79 Å². The predicted octanol–water partition coefficient (Wildman–Crippen LogP) is 2.84. The van der Waals surface area contributed by atoms with Crippen LogP contribution in [0.1, 0.15) is 34.1 Å². The van der Waals surface area contributed by atoms with Crippen molar-refractivity contribution in [2.45, 2.75) is 40.2 Å². The van der Waals surface area contributed by atoms with Crippen molar-refractivity contribution in [2.75, 3.05) is 23.3 Å². The van der Waals surface area contributed by atoms with Crippen LogP contribution in [0.25, 0.3) is 0 Å². The summed E-state index contributed by atoms with van der Waals surface area (Å²) in [5.41, 5.74) is 7.88. The van der Waals surface area contributed by atoms with Crippen molar-refractivity contribution < 1.29 is 4.79 Å². The lowest BCUT2D eigenvalue weighted by Gasteiger charge is -2.21. The first-order valence-corrected chi connectivity index (χ1v) is 7.44. The van der Waals surface area contributed by atoms with Gasteiger partial charge in [-0.05, 0) is 44.0 Å². The molecule has 112 valence electrons. The summed E-state index contributed by atoms with van der Waals surface area (Å²) in [4.78, 5) is 14.3. The van der Waals surface area contributed by atoms with E-state index in [-0.39, 0.29) is 11.8 Å². The fraction of sp³-hybridized carbons (Fsp3) is 0.562. The molecule has 0 bridgehead atoms. The predicted molar refractivity (Wildman–Crippen MR) is 86.1 cm³/mol. The van der Waals surface area contributed by atoms with Crippen molar-refractivity contribution in [1.29, 1.82) is 0 Å². The summed E-state index contributed by atoms with van der Waals surface area (Å²) in [7, 11) is 0. The largest absolute Gasteiger partial charge is 0.372 e. The number of carbonyl (C=O) groups excluding carboxylic acids is 1. The van der Waals surface area contributed by atoms with Gasteiger partial charge in [-0.2, -0.15) is 0 Å². The van der Waals surface area contributed by atoms with Crippen LogP contribution in [0.5, 0.6) is 0 Å². The third-order valence-electron chi connectivity index (χ3n) is 3.82. The number of hydrogen-bond acceptors (Lipinski definition) is 3. The number of nitrogens with one attached hydrogen (secondary N) is 1. The van der Waals surface area contributed by atoms with Gasteiger partial charge in [-0.15, -0.1) is 0 Å². The van der Waals surface area contributed by atoms with Crippen molar-refractivity contribution in [3.05, 3.63) is 24.3 Å². The molecule has 1 rings (SSSR count). The van der Waals surface area contributed by atoms with Gasteiger partial charge in [0, 0.05) is 24.5 Å². The van der Waals surface area contributed by atoms with Gasteiger partial charge in [-0.25, -0.2) is 0 Å². The summed E-state index contributed by atoms with van der Waals surface area (Å²) in [6, 6.07) is 7.45. The minimum atomic E-state index is -0.456. The number of rotatable bonds is 7. The van der Waals surface area contributed by atoms with E-state index >= 15 is 0 Å². The van der Waals surface area contributed by atoms with E-state index in [1.54, 1.807) is 0 Å². The first-order chi connectivity index (χ1) is 9.53. The number of anilines is 2. The molecule has 0 radical (unpaired) electrons. The standard InChI is InChI=1S/C16H27N3O/c1-5-12(4)15(17)16(20)18-13-8-10-14(11-9-13)19(6-2)7-3/h8-12,15H,5-7,17H2,1-4H3,(H,18,20)/t12-,15-/m0/s1. The van der Waals surface area contributed by atoms with Crippen molar-refractivity contribution >= 4 is 17.3 Å². The van der Waals surface area contributed by atoms with Crippen molar-refractivity contribution in [3.8, 4) is 0 Å². The average molecular weight is 277 g/mol. The number of benzene rings is 1. The average Bonchev–Trinajstić information content (AvgIpc) is 2.48. The fourth-order valence-corrected chi connectivity index (χ4v) is 2.08. The van der Waals surface area contributed by atoms with Gasteiger partial charge in [0.25, 0.3) is 0 Å². The molecule has 3 N–H and O–H groups in total. The van der Waals surface area contributed by atoms with E-state index < -0.39 is 6.04 Å². The molecule has 4 nitrogen and oxygen atoms in total. The van der Waals surface area contributed by atoms with Crippen LogP contribution in [-0.2, 0) is 4.79 Å². The molecule has 0 aliphatic heterocycles. The monoisotopic (exact) mass is 277 g/mol. The smallest absolute Gasteiger partial charge is 0.241 e. The van der Waals surface area contributed by atoms with Gasteiger partial charge in [0.1, 0.15) is 0 Å². The molecule has 4 heteroatoms. The van der Waals surface area contributed by atoms with Crippen LogP contribution in [0.15, 0.2) is 24.3 Å². The zero-order chi connectivity index (χ0) is 15.1. The van der Waals surface area contributed by atoms with E-state index in [0.717, 1.165) is 25.2 Å². The van der Waals surface area contributed by atoms with Crippen LogP contribution in [0, 0.1) is 5.92 Å². The van der Waals surface area contributed by atoms with E-state index in [2.05, 4.69) is 24.1 Å². The van der Waals surface area contributed by atoms with Gasteiger partial charge in [-0.1, -0.05) is 20.3 Å². The van der Waals surface area contributed by atoms with E-state index in [0.29, 0.717) is 0 Å². The molecular formula is C16H27N3O. The number of nitrogens with two attached hydrogens (primary N) is 1. The Hall–Kier alpha value is -1.55. The molecule has 0 unspecified atom stereocenters. The van der Waals surface area contributed by atoms with Gasteiger partial charge in [-0.3, -0.25) is 4.79 Å². The Morgan fingerprint density at radius 2 is 1.75 bits per heavy atom. The highest BCUT2D eigenvalue weighted by Crippen LogP contribution is 2.18. The first-order valence-electron chi connectivity index (χ1n) is 7.44. The Bertz CT molecular complexity index is 412. The Morgan fingerprint density at radius 3 is 2.20 bits per heavy atom. The lowest BCUT2D eigenvalue weighted by Crippen LogP contribution is -2.40. The number of amides is 1. The van der Waals surface area contributed by atoms with Gasteiger partial charge in [0.15, 0.2) is 0 Å². The molecule has 0 spiro atoms. The van der Waals surface area contributed by atoms with Gasteiger partial charge >= 0.3 is 0 Å².